The molecule has 4 nitrogen and oxygen atoms in total. The SMILES string of the molecule is CCC(=CCN1Cc2c(Cl)ccc3[nH]c(=O)n(c23)C[C@@H]1C)CC. The van der Waals surface area contributed by atoms with Crippen molar-refractivity contribution >= 4 is 22.6 Å². The quantitative estimate of drug-likeness (QED) is 0.861. The number of imidazole rings is 1. The van der Waals surface area contributed by atoms with Gasteiger partial charge in [0.2, 0.25) is 0 Å². The average molecular weight is 334 g/mol. The Morgan fingerprint density at radius 2 is 2.13 bits per heavy atom. The van der Waals surface area contributed by atoms with Gasteiger partial charge in [0, 0.05) is 36.3 Å². The third kappa shape index (κ3) is 2.98. The molecule has 1 aromatic heterocycles. The molecule has 1 aromatic carbocycles. The Hall–Kier alpha value is -1.52. The molecule has 23 heavy (non-hydrogen) atoms. The van der Waals surface area contributed by atoms with Gasteiger partial charge in [0.05, 0.1) is 11.0 Å². The van der Waals surface area contributed by atoms with Crippen molar-refractivity contribution in [2.45, 2.75) is 52.7 Å². The standard InChI is InChI=1S/C18H24ClN3O/c1-4-13(5-2)8-9-21-11-14-15(19)6-7-16-17(14)22(10-12(21)3)18(23)20-16/h6-8,12H,4-5,9-11H2,1-3H3,(H,20,23)/t12-/m0/s1. The predicted octanol–water partition coefficient (Wildman–Crippen LogP) is 3.93. The Balaban J connectivity index is 2.01. The lowest BCUT2D eigenvalue weighted by atomic mass is 10.1. The minimum atomic E-state index is -0.0458. The number of halogens is 1. The van der Waals surface area contributed by atoms with E-state index in [2.05, 4.69) is 36.7 Å². The summed E-state index contributed by atoms with van der Waals surface area (Å²) in [4.78, 5) is 17.6. The van der Waals surface area contributed by atoms with E-state index in [0.717, 1.165) is 47.6 Å². The molecule has 1 aliphatic rings. The summed E-state index contributed by atoms with van der Waals surface area (Å²) in [6.07, 6.45) is 4.51. The van der Waals surface area contributed by atoms with Crippen molar-refractivity contribution in [1.29, 1.82) is 0 Å². The Bertz CT molecular complexity index is 796. The summed E-state index contributed by atoms with van der Waals surface area (Å²) < 4.78 is 1.84. The van der Waals surface area contributed by atoms with Crippen molar-refractivity contribution in [3.63, 3.8) is 0 Å². The van der Waals surface area contributed by atoms with E-state index < -0.39 is 0 Å². The summed E-state index contributed by atoms with van der Waals surface area (Å²) in [5.41, 5.74) is 4.32. The third-order valence-electron chi connectivity index (χ3n) is 4.94. The molecule has 0 aliphatic carbocycles. The molecular formula is C18H24ClN3O. The molecule has 1 aliphatic heterocycles. The van der Waals surface area contributed by atoms with Crippen LogP contribution in [0.5, 0.6) is 0 Å². The van der Waals surface area contributed by atoms with Crippen molar-refractivity contribution in [2.75, 3.05) is 6.54 Å². The molecule has 1 atom stereocenters. The van der Waals surface area contributed by atoms with Gasteiger partial charge in [-0.3, -0.25) is 9.47 Å². The van der Waals surface area contributed by atoms with Crippen LogP contribution in [0.2, 0.25) is 5.02 Å². The third-order valence-corrected chi connectivity index (χ3v) is 5.29. The number of allylic oxidation sites excluding steroid dienone is 1. The van der Waals surface area contributed by atoms with E-state index >= 15 is 0 Å². The van der Waals surface area contributed by atoms with Crippen LogP contribution in [-0.4, -0.2) is 27.0 Å². The lowest BCUT2D eigenvalue weighted by Crippen LogP contribution is -2.36. The van der Waals surface area contributed by atoms with Crippen molar-refractivity contribution in [3.8, 4) is 0 Å². The molecular weight excluding hydrogens is 310 g/mol. The number of nitrogens with one attached hydrogen (secondary N) is 1. The summed E-state index contributed by atoms with van der Waals surface area (Å²) in [5.74, 6) is 0. The summed E-state index contributed by atoms with van der Waals surface area (Å²) in [7, 11) is 0. The first-order valence-electron chi connectivity index (χ1n) is 8.37. The second-order valence-corrected chi connectivity index (χ2v) is 6.72. The predicted molar refractivity (Wildman–Crippen MR) is 96.1 cm³/mol. The zero-order valence-corrected chi connectivity index (χ0v) is 14.8. The highest BCUT2D eigenvalue weighted by Gasteiger charge is 2.24. The van der Waals surface area contributed by atoms with Crippen molar-refractivity contribution in [1.82, 2.24) is 14.5 Å². The second-order valence-electron chi connectivity index (χ2n) is 6.31. The fourth-order valence-corrected chi connectivity index (χ4v) is 3.61. The molecule has 1 N–H and O–H groups in total. The molecule has 0 spiro atoms. The van der Waals surface area contributed by atoms with Crippen molar-refractivity contribution in [3.05, 3.63) is 44.9 Å². The summed E-state index contributed by atoms with van der Waals surface area (Å²) in [6.45, 7) is 8.93. The summed E-state index contributed by atoms with van der Waals surface area (Å²) in [6, 6.07) is 4.06. The lowest BCUT2D eigenvalue weighted by Gasteiger charge is -2.26. The number of hydrogen-bond acceptors (Lipinski definition) is 2. The first-order valence-corrected chi connectivity index (χ1v) is 8.74. The minimum absolute atomic E-state index is 0.0458. The number of aromatic nitrogens is 2. The number of nitrogens with zero attached hydrogens (tertiary/aromatic N) is 2. The van der Waals surface area contributed by atoms with E-state index in [1.165, 1.54) is 5.57 Å². The Kier molecular flexibility index (Phi) is 4.64. The molecule has 2 heterocycles. The van der Waals surface area contributed by atoms with E-state index in [9.17, 15) is 4.79 Å². The topological polar surface area (TPSA) is 41.0 Å². The van der Waals surface area contributed by atoms with Crippen molar-refractivity contribution in [2.24, 2.45) is 0 Å². The largest absolute Gasteiger partial charge is 0.326 e. The van der Waals surface area contributed by atoms with Gasteiger partial charge in [-0.05, 0) is 31.9 Å². The van der Waals surface area contributed by atoms with E-state index in [4.69, 9.17) is 11.6 Å². The van der Waals surface area contributed by atoms with Gasteiger partial charge in [-0.1, -0.05) is 37.1 Å². The Labute approximate surface area is 141 Å². The van der Waals surface area contributed by atoms with Crippen LogP contribution in [0.25, 0.3) is 11.0 Å². The zero-order chi connectivity index (χ0) is 16.6. The maximum Gasteiger partial charge on any atom is 0.326 e. The number of H-pyrrole nitrogens is 1. The molecule has 0 saturated heterocycles. The molecule has 0 saturated carbocycles. The highest BCUT2D eigenvalue weighted by atomic mass is 35.5. The fraction of sp³-hybridized carbons (Fsp3) is 0.500. The van der Waals surface area contributed by atoms with Gasteiger partial charge in [0.25, 0.3) is 0 Å². The molecule has 0 bridgehead atoms. The smallest absolute Gasteiger partial charge is 0.306 e. The molecule has 5 heteroatoms. The molecule has 124 valence electrons. The summed E-state index contributed by atoms with van der Waals surface area (Å²) >= 11 is 6.45. The van der Waals surface area contributed by atoms with Gasteiger partial charge in [0.1, 0.15) is 0 Å². The van der Waals surface area contributed by atoms with Crippen LogP contribution in [0.3, 0.4) is 0 Å². The molecule has 0 unspecified atom stereocenters. The maximum absolute atomic E-state index is 12.3. The van der Waals surface area contributed by atoms with Gasteiger partial charge >= 0.3 is 5.69 Å². The van der Waals surface area contributed by atoms with Crippen LogP contribution in [0, 0.1) is 0 Å². The fourth-order valence-electron chi connectivity index (χ4n) is 3.40. The van der Waals surface area contributed by atoms with Crippen LogP contribution in [0.15, 0.2) is 28.6 Å². The molecule has 2 aromatic rings. The average Bonchev–Trinajstić information content (AvgIpc) is 2.75. The van der Waals surface area contributed by atoms with Crippen LogP contribution < -0.4 is 5.69 Å². The number of hydrogen-bond donors (Lipinski definition) is 1. The zero-order valence-electron chi connectivity index (χ0n) is 14.0. The maximum atomic E-state index is 12.3. The molecule has 0 fully saturated rings. The van der Waals surface area contributed by atoms with E-state index in [-0.39, 0.29) is 11.7 Å². The highest BCUT2D eigenvalue weighted by Crippen LogP contribution is 2.29. The Morgan fingerprint density at radius 3 is 2.83 bits per heavy atom. The van der Waals surface area contributed by atoms with Gasteiger partial charge in [-0.2, -0.15) is 0 Å². The second kappa shape index (κ2) is 6.54. The minimum Gasteiger partial charge on any atom is -0.306 e. The van der Waals surface area contributed by atoms with Crippen LogP contribution in [0.4, 0.5) is 0 Å². The molecule has 0 amide bonds. The molecule has 0 radical (unpaired) electrons. The van der Waals surface area contributed by atoms with Crippen LogP contribution in [-0.2, 0) is 13.1 Å². The first-order chi connectivity index (χ1) is 11.0. The first kappa shape index (κ1) is 16.3. The van der Waals surface area contributed by atoms with E-state index in [1.807, 2.05) is 16.7 Å². The molecule has 3 rings (SSSR count). The highest BCUT2D eigenvalue weighted by molar-refractivity contribution is 6.32. The monoisotopic (exact) mass is 333 g/mol. The summed E-state index contributed by atoms with van der Waals surface area (Å²) in [5, 5.41) is 0.736. The van der Waals surface area contributed by atoms with Crippen LogP contribution in [0.1, 0.15) is 39.2 Å². The van der Waals surface area contributed by atoms with Gasteiger partial charge in [-0.25, -0.2) is 4.79 Å². The van der Waals surface area contributed by atoms with Crippen molar-refractivity contribution < 1.29 is 0 Å². The van der Waals surface area contributed by atoms with E-state index in [1.54, 1.807) is 0 Å². The van der Waals surface area contributed by atoms with Gasteiger partial charge < -0.3 is 4.98 Å². The van der Waals surface area contributed by atoms with Gasteiger partial charge in [-0.15, -0.1) is 0 Å². The Morgan fingerprint density at radius 1 is 1.39 bits per heavy atom. The number of rotatable bonds is 4. The van der Waals surface area contributed by atoms with Crippen LogP contribution >= 0.6 is 11.6 Å². The van der Waals surface area contributed by atoms with Gasteiger partial charge in [0.15, 0.2) is 0 Å². The van der Waals surface area contributed by atoms with E-state index in [0.29, 0.717) is 6.54 Å². The number of aromatic amines is 1. The lowest BCUT2D eigenvalue weighted by molar-refractivity contribution is 0.209. The number of benzene rings is 1. The normalized spacial score (nSPS) is 18.2.